The average molecular weight is 262 g/mol. The van der Waals surface area contributed by atoms with Crippen LogP contribution < -0.4 is 5.73 Å². The summed E-state index contributed by atoms with van der Waals surface area (Å²) >= 11 is 0. The largest absolute Gasteiger partial charge is 0.464 e. The van der Waals surface area contributed by atoms with Crippen LogP contribution in [0.3, 0.4) is 0 Å². The van der Waals surface area contributed by atoms with Crippen LogP contribution in [0.2, 0.25) is 0 Å². The Labute approximate surface area is 116 Å². The standard InChI is InChI=1S/C16H26N2O/c1-3-12-6-7-18(10-12)14(9-17)16-5-4-15(19-16)13-8-11(13)2/h4-5,11-14H,3,6-10,17H2,1-2H3. The summed E-state index contributed by atoms with van der Waals surface area (Å²) in [6.07, 6.45) is 3.86. The molecule has 106 valence electrons. The van der Waals surface area contributed by atoms with Crippen LogP contribution >= 0.6 is 0 Å². The number of likely N-dealkylation sites (tertiary alicyclic amines) is 1. The lowest BCUT2D eigenvalue weighted by Gasteiger charge is -2.24. The van der Waals surface area contributed by atoms with E-state index in [1.54, 1.807) is 0 Å². The topological polar surface area (TPSA) is 42.4 Å². The molecule has 1 aromatic heterocycles. The molecule has 4 atom stereocenters. The Morgan fingerprint density at radius 3 is 2.84 bits per heavy atom. The minimum atomic E-state index is 0.277. The first-order chi connectivity index (χ1) is 9.22. The molecular formula is C16H26N2O. The van der Waals surface area contributed by atoms with E-state index in [1.807, 2.05) is 0 Å². The van der Waals surface area contributed by atoms with Crippen molar-refractivity contribution in [1.29, 1.82) is 0 Å². The Kier molecular flexibility index (Phi) is 3.68. The summed E-state index contributed by atoms with van der Waals surface area (Å²) < 4.78 is 6.09. The molecule has 3 nitrogen and oxygen atoms in total. The SMILES string of the molecule is CCC1CCN(C(CN)c2ccc(C3CC3C)o2)C1. The van der Waals surface area contributed by atoms with Crippen LogP contribution in [0.25, 0.3) is 0 Å². The lowest BCUT2D eigenvalue weighted by Crippen LogP contribution is -2.31. The van der Waals surface area contributed by atoms with E-state index in [0.717, 1.165) is 24.1 Å². The lowest BCUT2D eigenvalue weighted by molar-refractivity contribution is 0.209. The summed E-state index contributed by atoms with van der Waals surface area (Å²) in [4.78, 5) is 2.51. The molecule has 3 heteroatoms. The fourth-order valence-corrected chi connectivity index (χ4v) is 3.39. The van der Waals surface area contributed by atoms with Gasteiger partial charge in [0.2, 0.25) is 0 Å². The van der Waals surface area contributed by atoms with Crippen LogP contribution in [0.4, 0.5) is 0 Å². The minimum absolute atomic E-state index is 0.277. The molecule has 19 heavy (non-hydrogen) atoms. The first-order valence-electron chi connectivity index (χ1n) is 7.76. The molecular weight excluding hydrogens is 236 g/mol. The second kappa shape index (κ2) is 5.29. The highest BCUT2D eigenvalue weighted by Gasteiger charge is 2.37. The van der Waals surface area contributed by atoms with Crippen molar-refractivity contribution in [1.82, 2.24) is 4.90 Å². The van der Waals surface area contributed by atoms with Crippen molar-refractivity contribution < 1.29 is 4.42 Å². The highest BCUT2D eigenvalue weighted by atomic mass is 16.3. The third kappa shape index (κ3) is 2.59. The summed E-state index contributed by atoms with van der Waals surface area (Å²) in [7, 11) is 0. The van der Waals surface area contributed by atoms with E-state index in [9.17, 15) is 0 Å². The third-order valence-electron chi connectivity index (χ3n) is 5.01. The zero-order valence-corrected chi connectivity index (χ0v) is 12.1. The minimum Gasteiger partial charge on any atom is -0.464 e. The van der Waals surface area contributed by atoms with Gasteiger partial charge in [-0.1, -0.05) is 20.3 Å². The normalized spacial score (nSPS) is 32.7. The highest BCUT2D eigenvalue weighted by molar-refractivity contribution is 5.19. The first-order valence-corrected chi connectivity index (χ1v) is 7.76. The molecule has 1 aromatic rings. The molecule has 1 aliphatic heterocycles. The van der Waals surface area contributed by atoms with Crippen LogP contribution in [0, 0.1) is 11.8 Å². The van der Waals surface area contributed by atoms with Gasteiger partial charge in [0.15, 0.2) is 0 Å². The van der Waals surface area contributed by atoms with Crippen LogP contribution in [-0.4, -0.2) is 24.5 Å². The molecule has 0 amide bonds. The molecule has 2 fully saturated rings. The second-order valence-corrected chi connectivity index (χ2v) is 6.37. The predicted molar refractivity (Wildman–Crippen MR) is 77.0 cm³/mol. The monoisotopic (exact) mass is 262 g/mol. The van der Waals surface area contributed by atoms with Gasteiger partial charge < -0.3 is 10.2 Å². The van der Waals surface area contributed by atoms with Crippen molar-refractivity contribution in [2.75, 3.05) is 19.6 Å². The first kappa shape index (κ1) is 13.2. The van der Waals surface area contributed by atoms with E-state index in [2.05, 4.69) is 30.9 Å². The van der Waals surface area contributed by atoms with E-state index in [-0.39, 0.29) is 6.04 Å². The summed E-state index contributed by atoms with van der Waals surface area (Å²) in [5.74, 6) is 4.55. The molecule has 2 aliphatic rings. The van der Waals surface area contributed by atoms with Gasteiger partial charge in [-0.05, 0) is 43.4 Å². The van der Waals surface area contributed by atoms with Gasteiger partial charge in [-0.15, -0.1) is 0 Å². The molecule has 1 aliphatic carbocycles. The number of nitrogens with two attached hydrogens (primary N) is 1. The van der Waals surface area contributed by atoms with Crippen LogP contribution in [0.1, 0.15) is 56.6 Å². The van der Waals surface area contributed by atoms with Crippen LogP contribution in [0.5, 0.6) is 0 Å². The highest BCUT2D eigenvalue weighted by Crippen LogP contribution is 2.47. The number of furan rings is 1. The van der Waals surface area contributed by atoms with Gasteiger partial charge in [-0.2, -0.15) is 0 Å². The Balaban J connectivity index is 1.70. The maximum atomic E-state index is 6.09. The third-order valence-corrected chi connectivity index (χ3v) is 5.01. The van der Waals surface area contributed by atoms with Gasteiger partial charge in [-0.25, -0.2) is 0 Å². The Bertz CT molecular complexity index is 428. The van der Waals surface area contributed by atoms with E-state index in [4.69, 9.17) is 10.2 Å². The molecule has 0 spiro atoms. The van der Waals surface area contributed by atoms with E-state index >= 15 is 0 Å². The predicted octanol–water partition coefficient (Wildman–Crippen LogP) is 3.13. The number of hydrogen-bond donors (Lipinski definition) is 1. The van der Waals surface area contributed by atoms with Crippen molar-refractivity contribution >= 4 is 0 Å². The summed E-state index contributed by atoms with van der Waals surface area (Å²) in [5, 5.41) is 0. The van der Waals surface area contributed by atoms with Gasteiger partial charge in [0.1, 0.15) is 11.5 Å². The Morgan fingerprint density at radius 2 is 2.26 bits per heavy atom. The van der Waals surface area contributed by atoms with E-state index in [0.29, 0.717) is 12.5 Å². The molecule has 0 aromatic carbocycles. The van der Waals surface area contributed by atoms with Gasteiger partial charge in [-0.3, -0.25) is 4.90 Å². The van der Waals surface area contributed by atoms with Gasteiger partial charge >= 0.3 is 0 Å². The number of nitrogens with zero attached hydrogens (tertiary/aromatic N) is 1. The lowest BCUT2D eigenvalue weighted by atomic mass is 10.1. The van der Waals surface area contributed by atoms with Crippen LogP contribution in [-0.2, 0) is 0 Å². The fourth-order valence-electron chi connectivity index (χ4n) is 3.39. The molecule has 2 heterocycles. The number of hydrogen-bond acceptors (Lipinski definition) is 3. The molecule has 3 rings (SSSR count). The van der Waals surface area contributed by atoms with Crippen molar-refractivity contribution in [2.24, 2.45) is 17.6 Å². The fraction of sp³-hybridized carbons (Fsp3) is 0.750. The van der Waals surface area contributed by atoms with E-state index < -0.39 is 0 Å². The maximum Gasteiger partial charge on any atom is 0.122 e. The molecule has 2 N–H and O–H groups in total. The van der Waals surface area contributed by atoms with Gasteiger partial charge in [0.05, 0.1) is 6.04 Å². The van der Waals surface area contributed by atoms with Crippen molar-refractivity contribution in [3.63, 3.8) is 0 Å². The Morgan fingerprint density at radius 1 is 1.47 bits per heavy atom. The zero-order chi connectivity index (χ0) is 13.4. The van der Waals surface area contributed by atoms with Crippen molar-refractivity contribution in [3.05, 3.63) is 23.7 Å². The molecule has 4 unspecified atom stereocenters. The number of rotatable bonds is 5. The Hall–Kier alpha value is -0.800. The second-order valence-electron chi connectivity index (χ2n) is 6.37. The molecule has 0 radical (unpaired) electrons. The summed E-state index contributed by atoms with van der Waals surface area (Å²) in [5.41, 5.74) is 6.00. The molecule has 0 bridgehead atoms. The zero-order valence-electron chi connectivity index (χ0n) is 12.1. The molecule has 1 saturated carbocycles. The summed E-state index contributed by atoms with van der Waals surface area (Å²) in [6, 6.07) is 4.59. The van der Waals surface area contributed by atoms with Crippen LogP contribution in [0.15, 0.2) is 16.5 Å². The maximum absolute atomic E-state index is 6.09. The quantitative estimate of drug-likeness (QED) is 0.886. The smallest absolute Gasteiger partial charge is 0.122 e. The van der Waals surface area contributed by atoms with Crippen molar-refractivity contribution in [2.45, 2.75) is 45.1 Å². The summed E-state index contributed by atoms with van der Waals surface area (Å²) in [6.45, 7) is 7.57. The van der Waals surface area contributed by atoms with E-state index in [1.165, 1.54) is 31.6 Å². The van der Waals surface area contributed by atoms with Crippen molar-refractivity contribution in [3.8, 4) is 0 Å². The average Bonchev–Trinajstić information content (AvgIpc) is 2.88. The van der Waals surface area contributed by atoms with Gasteiger partial charge in [0.25, 0.3) is 0 Å². The van der Waals surface area contributed by atoms with Gasteiger partial charge in [0, 0.05) is 19.0 Å². The molecule has 1 saturated heterocycles.